The first-order valence-corrected chi connectivity index (χ1v) is 7.31. The Morgan fingerprint density at radius 1 is 1.38 bits per heavy atom. The molecule has 0 atom stereocenters. The molecule has 0 N–H and O–H groups in total. The predicted molar refractivity (Wildman–Crippen MR) is 79.7 cm³/mol. The largest absolute Gasteiger partial charge is 0.493 e. The molecule has 2 rings (SSSR count). The van der Waals surface area contributed by atoms with Gasteiger partial charge in [0.2, 0.25) is 0 Å². The Bertz CT molecular complexity index is 735. The molecule has 7 nitrogen and oxygen atoms in total. The van der Waals surface area contributed by atoms with Crippen LogP contribution in [0.2, 0.25) is 0 Å². The minimum atomic E-state index is -3.17. The summed E-state index contributed by atoms with van der Waals surface area (Å²) >= 11 is 1.16. The van der Waals surface area contributed by atoms with E-state index in [0.29, 0.717) is 4.88 Å². The summed E-state index contributed by atoms with van der Waals surface area (Å²) in [6.07, 6.45) is 0. The van der Waals surface area contributed by atoms with Gasteiger partial charge in [0.15, 0.2) is 11.5 Å². The van der Waals surface area contributed by atoms with Crippen molar-refractivity contribution in [3.63, 3.8) is 0 Å². The molecule has 2 aromatic rings. The number of thiophene rings is 1. The molecular formula is C14H11F2NO6S. The van der Waals surface area contributed by atoms with Gasteiger partial charge in [0, 0.05) is 0 Å². The van der Waals surface area contributed by atoms with E-state index in [-0.39, 0.29) is 11.3 Å². The van der Waals surface area contributed by atoms with Crippen molar-refractivity contribution < 1.29 is 32.7 Å². The summed E-state index contributed by atoms with van der Waals surface area (Å²) in [5.74, 6) is -1.26. The van der Waals surface area contributed by atoms with E-state index in [2.05, 4.69) is 4.74 Å². The van der Waals surface area contributed by atoms with Crippen molar-refractivity contribution in [1.29, 1.82) is 0 Å². The van der Waals surface area contributed by atoms with Crippen molar-refractivity contribution in [2.24, 2.45) is 0 Å². The fourth-order valence-electron chi connectivity index (χ4n) is 1.83. The molecule has 0 aliphatic heterocycles. The summed E-state index contributed by atoms with van der Waals surface area (Å²) in [5, 5.41) is 12.8. The van der Waals surface area contributed by atoms with Crippen LogP contribution in [0.4, 0.5) is 14.5 Å². The zero-order valence-electron chi connectivity index (χ0n) is 12.2. The van der Waals surface area contributed by atoms with Crippen LogP contribution in [0.5, 0.6) is 11.5 Å². The van der Waals surface area contributed by atoms with Gasteiger partial charge in [-0.25, -0.2) is 4.79 Å². The topological polar surface area (TPSA) is 87.9 Å². The van der Waals surface area contributed by atoms with E-state index in [1.54, 1.807) is 17.5 Å². The average Bonchev–Trinajstić information content (AvgIpc) is 3.06. The lowest BCUT2D eigenvalue weighted by Crippen LogP contribution is -2.08. The van der Waals surface area contributed by atoms with Crippen LogP contribution in [0.25, 0.3) is 0 Å². The lowest BCUT2D eigenvalue weighted by molar-refractivity contribution is -0.386. The Morgan fingerprint density at radius 2 is 2.12 bits per heavy atom. The number of rotatable bonds is 7. The third-order valence-electron chi connectivity index (χ3n) is 2.86. The van der Waals surface area contributed by atoms with Gasteiger partial charge in [-0.3, -0.25) is 10.1 Å². The zero-order chi connectivity index (χ0) is 17.7. The molecule has 1 heterocycles. The first kappa shape index (κ1) is 17.6. The van der Waals surface area contributed by atoms with Crippen LogP contribution < -0.4 is 9.47 Å². The van der Waals surface area contributed by atoms with E-state index in [1.807, 2.05) is 0 Å². The Hall–Kier alpha value is -2.75. The normalized spacial score (nSPS) is 10.5. The Labute approximate surface area is 138 Å². The van der Waals surface area contributed by atoms with E-state index in [4.69, 9.17) is 9.47 Å². The van der Waals surface area contributed by atoms with Gasteiger partial charge in [0.25, 0.3) is 5.69 Å². The maximum atomic E-state index is 12.4. The smallest absolute Gasteiger partial charge is 0.387 e. The van der Waals surface area contributed by atoms with E-state index in [9.17, 15) is 23.7 Å². The molecule has 0 fully saturated rings. The van der Waals surface area contributed by atoms with Gasteiger partial charge in [0.1, 0.15) is 11.5 Å². The third kappa shape index (κ3) is 4.16. The van der Waals surface area contributed by atoms with E-state index < -0.39 is 35.5 Å². The SMILES string of the molecule is COc1cc(COC(=O)c2cccs2)c([N+](=O)[O-])cc1OC(F)F. The van der Waals surface area contributed by atoms with Crippen LogP contribution in [0, 0.1) is 10.1 Å². The van der Waals surface area contributed by atoms with Gasteiger partial charge >= 0.3 is 12.6 Å². The lowest BCUT2D eigenvalue weighted by Gasteiger charge is -2.12. The minimum Gasteiger partial charge on any atom is -0.493 e. The number of ether oxygens (including phenoxy) is 3. The molecule has 0 unspecified atom stereocenters. The van der Waals surface area contributed by atoms with Crippen LogP contribution in [0.1, 0.15) is 15.2 Å². The van der Waals surface area contributed by atoms with Crippen LogP contribution in [0.15, 0.2) is 29.6 Å². The number of alkyl halides is 2. The highest BCUT2D eigenvalue weighted by atomic mass is 32.1. The maximum absolute atomic E-state index is 12.4. The lowest BCUT2D eigenvalue weighted by atomic mass is 10.1. The summed E-state index contributed by atoms with van der Waals surface area (Å²) in [6.45, 7) is -3.58. The number of methoxy groups -OCH3 is 1. The molecule has 0 bridgehead atoms. The van der Waals surface area contributed by atoms with Crippen molar-refractivity contribution in [3.05, 3.63) is 50.2 Å². The highest BCUT2D eigenvalue weighted by Crippen LogP contribution is 2.36. The molecular weight excluding hydrogens is 348 g/mol. The van der Waals surface area contributed by atoms with Gasteiger partial charge in [-0.15, -0.1) is 11.3 Å². The summed E-state index contributed by atoms with van der Waals surface area (Å²) in [6, 6.07) is 5.13. The fourth-order valence-corrected chi connectivity index (χ4v) is 2.45. The van der Waals surface area contributed by atoms with Crippen molar-refractivity contribution in [2.45, 2.75) is 13.2 Å². The first-order valence-electron chi connectivity index (χ1n) is 6.43. The molecule has 0 radical (unpaired) electrons. The standard InChI is InChI=1S/C14H11F2NO6S/c1-21-10-5-8(7-22-13(18)12-3-2-4-24-12)9(17(19)20)6-11(10)23-14(15)16/h2-6,14H,7H2,1H3. The van der Waals surface area contributed by atoms with Crippen molar-refractivity contribution >= 4 is 23.0 Å². The number of nitro benzene ring substituents is 1. The number of carbonyl (C=O) groups is 1. The van der Waals surface area contributed by atoms with E-state index in [0.717, 1.165) is 23.5 Å². The van der Waals surface area contributed by atoms with Crippen molar-refractivity contribution in [2.75, 3.05) is 7.11 Å². The summed E-state index contributed by atoms with van der Waals surface area (Å²) < 4.78 is 38.8. The monoisotopic (exact) mass is 359 g/mol. The Balaban J connectivity index is 2.27. The molecule has 0 aliphatic rings. The number of halogens is 2. The molecule has 0 spiro atoms. The molecule has 0 saturated heterocycles. The van der Waals surface area contributed by atoms with Gasteiger partial charge in [-0.1, -0.05) is 6.07 Å². The maximum Gasteiger partial charge on any atom is 0.387 e. The van der Waals surface area contributed by atoms with Crippen LogP contribution in [-0.2, 0) is 11.3 Å². The predicted octanol–water partition coefficient (Wildman–Crippen LogP) is 3.62. The second-order valence-electron chi connectivity index (χ2n) is 4.32. The average molecular weight is 359 g/mol. The van der Waals surface area contributed by atoms with Gasteiger partial charge in [-0.05, 0) is 17.5 Å². The van der Waals surface area contributed by atoms with Gasteiger partial charge in [-0.2, -0.15) is 8.78 Å². The molecule has 10 heteroatoms. The molecule has 0 aliphatic carbocycles. The second kappa shape index (κ2) is 7.68. The first-order chi connectivity index (χ1) is 11.4. The van der Waals surface area contributed by atoms with E-state index in [1.165, 1.54) is 7.11 Å². The molecule has 128 valence electrons. The van der Waals surface area contributed by atoms with Crippen LogP contribution >= 0.6 is 11.3 Å². The number of hydrogen-bond acceptors (Lipinski definition) is 7. The quantitative estimate of drug-likeness (QED) is 0.426. The number of carbonyl (C=O) groups excluding carboxylic acids is 1. The number of benzene rings is 1. The Morgan fingerprint density at radius 3 is 2.67 bits per heavy atom. The minimum absolute atomic E-state index is 0.0108. The van der Waals surface area contributed by atoms with Crippen LogP contribution in [-0.4, -0.2) is 24.6 Å². The molecule has 1 aromatic carbocycles. The number of nitro groups is 1. The zero-order valence-corrected chi connectivity index (χ0v) is 13.0. The van der Waals surface area contributed by atoms with Gasteiger partial charge < -0.3 is 14.2 Å². The highest BCUT2D eigenvalue weighted by molar-refractivity contribution is 7.11. The molecule has 1 aromatic heterocycles. The number of esters is 1. The highest BCUT2D eigenvalue weighted by Gasteiger charge is 2.23. The number of hydrogen-bond donors (Lipinski definition) is 0. The Kier molecular flexibility index (Phi) is 5.64. The van der Waals surface area contributed by atoms with Gasteiger partial charge in [0.05, 0.1) is 23.7 Å². The molecule has 24 heavy (non-hydrogen) atoms. The van der Waals surface area contributed by atoms with E-state index >= 15 is 0 Å². The molecule has 0 amide bonds. The molecule has 0 saturated carbocycles. The number of nitrogens with zero attached hydrogens (tertiary/aromatic N) is 1. The van der Waals surface area contributed by atoms with Crippen LogP contribution in [0.3, 0.4) is 0 Å². The van der Waals surface area contributed by atoms with Crippen molar-refractivity contribution in [1.82, 2.24) is 0 Å². The summed E-state index contributed by atoms with van der Waals surface area (Å²) in [5.41, 5.74) is -0.534. The third-order valence-corrected chi connectivity index (χ3v) is 3.71. The summed E-state index contributed by atoms with van der Waals surface area (Å²) in [4.78, 5) is 22.5. The summed E-state index contributed by atoms with van der Waals surface area (Å²) in [7, 11) is 1.20. The second-order valence-corrected chi connectivity index (χ2v) is 5.27. The fraction of sp³-hybridized carbons (Fsp3) is 0.214. The van der Waals surface area contributed by atoms with Crippen molar-refractivity contribution in [3.8, 4) is 11.5 Å².